The number of carbonyl (C=O) groups is 3. The maximum absolute atomic E-state index is 12.3. The van der Waals surface area contributed by atoms with Gasteiger partial charge in [0.1, 0.15) is 17.3 Å². The van der Waals surface area contributed by atoms with Gasteiger partial charge in [-0.2, -0.15) is 0 Å². The van der Waals surface area contributed by atoms with Crippen LogP contribution in [0.3, 0.4) is 0 Å². The number of hydrogen-bond donors (Lipinski definition) is 0. The maximum Gasteiger partial charge on any atom is 0.317 e. The van der Waals surface area contributed by atoms with Gasteiger partial charge in [-0.25, -0.2) is 0 Å². The van der Waals surface area contributed by atoms with E-state index in [9.17, 15) is 24.5 Å². The van der Waals surface area contributed by atoms with Gasteiger partial charge < -0.3 is 4.74 Å². The third kappa shape index (κ3) is 5.28. The Bertz CT molecular complexity index is 644. The van der Waals surface area contributed by atoms with Crippen molar-refractivity contribution < 1.29 is 24.0 Å². The molecular weight excluding hydrogens is 302 g/mol. The predicted octanol–water partition coefficient (Wildman–Crippen LogP) is 2.71. The molecule has 124 valence electrons. The van der Waals surface area contributed by atoms with Crippen LogP contribution < -0.4 is 0 Å². The summed E-state index contributed by atoms with van der Waals surface area (Å²) in [6, 6.07) is 5.41. The molecule has 0 aromatic heterocycles. The van der Waals surface area contributed by atoms with Crippen molar-refractivity contribution in [3.8, 4) is 0 Å². The fourth-order valence-corrected chi connectivity index (χ4v) is 1.93. The van der Waals surface area contributed by atoms with E-state index in [0.717, 1.165) is 0 Å². The molecule has 0 bridgehead atoms. The van der Waals surface area contributed by atoms with Gasteiger partial charge in [0.15, 0.2) is 5.78 Å². The molecule has 0 radical (unpaired) electrons. The van der Waals surface area contributed by atoms with E-state index in [1.807, 2.05) is 0 Å². The summed E-state index contributed by atoms with van der Waals surface area (Å²) in [6.07, 6.45) is -0.463. The third-order valence-corrected chi connectivity index (χ3v) is 2.97. The Morgan fingerprint density at radius 3 is 2.26 bits per heavy atom. The van der Waals surface area contributed by atoms with Crippen molar-refractivity contribution in [2.24, 2.45) is 5.92 Å². The minimum absolute atomic E-state index is 0.132. The number of rotatable bonds is 6. The highest BCUT2D eigenvalue weighted by Crippen LogP contribution is 2.23. The smallest absolute Gasteiger partial charge is 0.317 e. The summed E-state index contributed by atoms with van der Waals surface area (Å²) in [6.45, 7) is 6.12. The van der Waals surface area contributed by atoms with E-state index in [-0.39, 0.29) is 11.3 Å². The lowest BCUT2D eigenvalue weighted by Gasteiger charge is -2.22. The van der Waals surface area contributed by atoms with Crippen LogP contribution in [0.25, 0.3) is 0 Å². The molecule has 0 spiro atoms. The average Bonchev–Trinajstić information content (AvgIpc) is 2.42. The molecule has 0 heterocycles. The van der Waals surface area contributed by atoms with Crippen molar-refractivity contribution in [2.75, 3.05) is 0 Å². The van der Waals surface area contributed by atoms with Crippen molar-refractivity contribution in [3.63, 3.8) is 0 Å². The number of nitro groups is 1. The Morgan fingerprint density at radius 2 is 1.78 bits per heavy atom. The summed E-state index contributed by atoms with van der Waals surface area (Å²) in [4.78, 5) is 46.3. The van der Waals surface area contributed by atoms with E-state index in [4.69, 9.17) is 4.74 Å². The first-order chi connectivity index (χ1) is 10.5. The molecule has 0 N–H and O–H groups in total. The van der Waals surface area contributed by atoms with E-state index in [1.54, 1.807) is 20.8 Å². The fourth-order valence-electron chi connectivity index (χ4n) is 1.93. The summed E-state index contributed by atoms with van der Waals surface area (Å²) in [7, 11) is 0. The van der Waals surface area contributed by atoms with Crippen molar-refractivity contribution in [1.29, 1.82) is 0 Å². The number of para-hydroxylation sites is 1. The lowest BCUT2D eigenvalue weighted by Crippen LogP contribution is -2.33. The van der Waals surface area contributed by atoms with E-state index in [2.05, 4.69) is 0 Å². The second-order valence-corrected chi connectivity index (χ2v) is 6.10. The van der Waals surface area contributed by atoms with Gasteiger partial charge in [0.25, 0.3) is 5.69 Å². The molecular formula is C16H19NO6. The highest BCUT2D eigenvalue weighted by Gasteiger charge is 2.32. The summed E-state index contributed by atoms with van der Waals surface area (Å²) in [5, 5.41) is 11.0. The monoisotopic (exact) mass is 321 g/mol. The minimum atomic E-state index is -1.28. The Labute approximate surface area is 133 Å². The fraction of sp³-hybridized carbons (Fsp3) is 0.438. The number of hydrogen-bond acceptors (Lipinski definition) is 6. The molecule has 0 fully saturated rings. The van der Waals surface area contributed by atoms with E-state index < -0.39 is 40.4 Å². The molecule has 1 aromatic rings. The van der Waals surface area contributed by atoms with Crippen LogP contribution >= 0.6 is 0 Å². The second kappa shape index (κ2) is 7.13. The van der Waals surface area contributed by atoms with Gasteiger partial charge in [-0.1, -0.05) is 12.1 Å². The highest BCUT2D eigenvalue weighted by atomic mass is 16.6. The molecule has 0 saturated carbocycles. The van der Waals surface area contributed by atoms with Gasteiger partial charge in [0.05, 0.1) is 10.5 Å². The number of carbonyl (C=O) groups excluding carboxylic acids is 3. The van der Waals surface area contributed by atoms with Crippen molar-refractivity contribution in [1.82, 2.24) is 0 Å². The molecule has 0 unspecified atom stereocenters. The topological polar surface area (TPSA) is 104 Å². The molecule has 1 atom stereocenters. The molecule has 0 aliphatic carbocycles. The number of esters is 1. The number of nitrogens with zero attached hydrogens (tertiary/aromatic N) is 1. The van der Waals surface area contributed by atoms with Crippen LogP contribution in [0.1, 0.15) is 44.5 Å². The Kier molecular flexibility index (Phi) is 5.73. The average molecular weight is 321 g/mol. The first-order valence-electron chi connectivity index (χ1n) is 7.03. The quantitative estimate of drug-likeness (QED) is 0.262. The van der Waals surface area contributed by atoms with Crippen molar-refractivity contribution in [2.45, 2.75) is 39.7 Å². The molecule has 0 amide bonds. The third-order valence-electron chi connectivity index (χ3n) is 2.97. The maximum atomic E-state index is 12.3. The first kappa shape index (κ1) is 18.5. The van der Waals surface area contributed by atoms with Crippen LogP contribution in [-0.2, 0) is 14.3 Å². The standard InChI is InChI=1S/C16H19NO6/c1-10(18)12(15(20)23-16(2,3)4)9-14(19)11-7-5-6-8-13(11)17(21)22/h5-8,12H,9H2,1-4H3/t12-/m0/s1. The zero-order valence-corrected chi connectivity index (χ0v) is 13.5. The van der Waals surface area contributed by atoms with Crippen molar-refractivity contribution >= 4 is 23.2 Å². The van der Waals surface area contributed by atoms with Crippen LogP contribution in [0.15, 0.2) is 24.3 Å². The Hall–Kier alpha value is -2.57. The van der Waals surface area contributed by atoms with Crippen LogP contribution in [-0.4, -0.2) is 28.1 Å². The Morgan fingerprint density at radius 1 is 1.22 bits per heavy atom. The van der Waals surface area contributed by atoms with Crippen LogP contribution in [0, 0.1) is 16.0 Å². The van der Waals surface area contributed by atoms with Gasteiger partial charge >= 0.3 is 5.97 Å². The van der Waals surface area contributed by atoms with Gasteiger partial charge in [0.2, 0.25) is 0 Å². The summed E-state index contributed by atoms with van der Waals surface area (Å²) in [5.41, 5.74) is -1.29. The van der Waals surface area contributed by atoms with Crippen molar-refractivity contribution in [3.05, 3.63) is 39.9 Å². The molecule has 7 heteroatoms. The van der Waals surface area contributed by atoms with Gasteiger partial charge in [-0.05, 0) is 33.8 Å². The van der Waals surface area contributed by atoms with Gasteiger partial charge in [0, 0.05) is 12.5 Å². The minimum Gasteiger partial charge on any atom is -0.459 e. The van der Waals surface area contributed by atoms with Gasteiger partial charge in [-0.3, -0.25) is 24.5 Å². The van der Waals surface area contributed by atoms with Crippen LogP contribution in [0.4, 0.5) is 5.69 Å². The van der Waals surface area contributed by atoms with E-state index in [1.165, 1.54) is 31.2 Å². The summed E-state index contributed by atoms with van der Waals surface area (Å²) >= 11 is 0. The second-order valence-electron chi connectivity index (χ2n) is 6.10. The lowest BCUT2D eigenvalue weighted by molar-refractivity contribution is -0.385. The van der Waals surface area contributed by atoms with Crippen LogP contribution in [0.2, 0.25) is 0 Å². The number of ether oxygens (including phenoxy) is 1. The summed E-state index contributed by atoms with van der Waals surface area (Å²) < 4.78 is 5.13. The number of Topliss-reactive ketones (excluding diaryl/α,β-unsaturated/α-hetero) is 2. The van der Waals surface area contributed by atoms with Crippen LogP contribution in [0.5, 0.6) is 0 Å². The number of nitro benzene ring substituents is 1. The van der Waals surface area contributed by atoms with Gasteiger partial charge in [-0.15, -0.1) is 0 Å². The molecule has 1 rings (SSSR count). The molecule has 0 aliphatic rings. The lowest BCUT2D eigenvalue weighted by atomic mass is 9.94. The van der Waals surface area contributed by atoms with E-state index >= 15 is 0 Å². The number of benzene rings is 1. The molecule has 7 nitrogen and oxygen atoms in total. The molecule has 23 heavy (non-hydrogen) atoms. The predicted molar refractivity (Wildman–Crippen MR) is 82.1 cm³/mol. The Balaban J connectivity index is 3.02. The highest BCUT2D eigenvalue weighted by molar-refractivity contribution is 6.07. The number of ketones is 2. The largest absolute Gasteiger partial charge is 0.459 e. The zero-order valence-electron chi connectivity index (χ0n) is 13.5. The summed E-state index contributed by atoms with van der Waals surface area (Å²) in [5.74, 6) is -3.26. The molecule has 1 aromatic carbocycles. The SMILES string of the molecule is CC(=O)[C@H](CC(=O)c1ccccc1[N+](=O)[O-])C(=O)OC(C)(C)C. The molecule has 0 saturated heterocycles. The molecule has 0 aliphatic heterocycles. The van der Waals surface area contributed by atoms with E-state index in [0.29, 0.717) is 0 Å². The normalized spacial score (nSPS) is 12.3. The zero-order chi connectivity index (χ0) is 17.8. The first-order valence-corrected chi connectivity index (χ1v) is 7.03.